The van der Waals surface area contributed by atoms with E-state index < -0.39 is 0 Å². The summed E-state index contributed by atoms with van der Waals surface area (Å²) in [6, 6.07) is 9.00. The molecular weight excluding hydrogens is 484 g/mol. The van der Waals surface area contributed by atoms with Crippen molar-refractivity contribution in [2.75, 3.05) is 38.6 Å². The molecule has 0 unspecified atom stereocenters. The zero-order chi connectivity index (χ0) is 19.8. The van der Waals surface area contributed by atoms with Crippen molar-refractivity contribution in [2.24, 2.45) is 13.0 Å². The number of piperidine rings is 1. The molecule has 1 saturated carbocycles. The minimum atomic E-state index is 0. The summed E-state index contributed by atoms with van der Waals surface area (Å²) in [6.45, 7) is 5.37. The van der Waals surface area contributed by atoms with Gasteiger partial charge in [-0.1, -0.05) is 39.8 Å². The van der Waals surface area contributed by atoms with Gasteiger partial charge in [-0.15, -0.1) is 22.6 Å². The topological polar surface area (TPSA) is 43.2 Å². The predicted molar refractivity (Wildman–Crippen MR) is 127 cm³/mol. The lowest BCUT2D eigenvalue weighted by molar-refractivity contribution is 0.0828. The molecule has 0 spiro atoms. The minimum absolute atomic E-state index is 0. The number of nitrogens with zero attached hydrogens (tertiary/aromatic N) is 4. The van der Waals surface area contributed by atoms with Gasteiger partial charge in [-0.3, -0.25) is 0 Å². The lowest BCUT2D eigenvalue weighted by atomic mass is 9.95. The number of rotatable bonds is 7. The highest BCUT2D eigenvalue weighted by Gasteiger charge is 2.60. The Morgan fingerprint density at radius 3 is 2.73 bits per heavy atom. The van der Waals surface area contributed by atoms with E-state index in [1.807, 2.05) is 11.8 Å². The first-order chi connectivity index (χ1) is 14.2. The molecule has 8 heteroatoms. The van der Waals surface area contributed by atoms with Crippen LogP contribution in [0.4, 0.5) is 0 Å². The summed E-state index contributed by atoms with van der Waals surface area (Å²) in [5.41, 5.74) is 1.97. The van der Waals surface area contributed by atoms with Crippen molar-refractivity contribution in [2.45, 2.75) is 42.2 Å². The number of hydrogen-bond acceptors (Lipinski definition) is 5. The van der Waals surface area contributed by atoms with Crippen LogP contribution in [0, 0.1) is 5.92 Å². The van der Waals surface area contributed by atoms with Crippen molar-refractivity contribution >= 4 is 40.1 Å². The predicted octanol–water partition coefficient (Wildman–Crippen LogP) is 4.65. The fourth-order valence-corrected chi connectivity index (χ4v) is 6.31. The van der Waals surface area contributed by atoms with Gasteiger partial charge in [0.25, 0.3) is 0 Å². The summed E-state index contributed by atoms with van der Waals surface area (Å²) in [5, 5.41) is 10.00. The first kappa shape index (κ1) is 22.6. The lowest BCUT2D eigenvalue weighted by Crippen LogP contribution is -2.27. The van der Waals surface area contributed by atoms with E-state index >= 15 is 0 Å². The van der Waals surface area contributed by atoms with Gasteiger partial charge in [-0.25, -0.2) is 0 Å². The second kappa shape index (κ2) is 9.49. The molecule has 0 bridgehead atoms. The molecule has 2 atom stereocenters. The first-order valence-electron chi connectivity index (χ1n) is 10.7. The van der Waals surface area contributed by atoms with Crippen molar-refractivity contribution < 1.29 is 4.74 Å². The summed E-state index contributed by atoms with van der Waals surface area (Å²) >= 11 is 5.41. The summed E-state index contributed by atoms with van der Waals surface area (Å²) in [7, 11) is 2.11. The van der Waals surface area contributed by atoms with Gasteiger partial charge in [0.15, 0.2) is 5.16 Å². The Bertz CT molecular complexity index is 857. The Kier molecular flexibility index (Phi) is 7.15. The number of aromatic nitrogens is 3. The van der Waals surface area contributed by atoms with Gasteiger partial charge in [0.2, 0.25) is 0 Å². The van der Waals surface area contributed by atoms with E-state index in [9.17, 15) is 0 Å². The summed E-state index contributed by atoms with van der Waals surface area (Å²) in [6.07, 6.45) is 4.70. The number of hydrogen-bond donors (Lipinski definition) is 0. The van der Waals surface area contributed by atoms with E-state index in [2.05, 4.69) is 66.9 Å². The highest BCUT2D eigenvalue weighted by Crippen LogP contribution is 2.59. The van der Waals surface area contributed by atoms with Crippen molar-refractivity contribution in [1.29, 1.82) is 0 Å². The van der Waals surface area contributed by atoms with Gasteiger partial charge >= 0.3 is 0 Å². The maximum Gasteiger partial charge on any atom is 0.190 e. The zero-order valence-corrected chi connectivity index (χ0v) is 20.6. The summed E-state index contributed by atoms with van der Waals surface area (Å²) < 4.78 is 8.85. The summed E-state index contributed by atoms with van der Waals surface area (Å²) in [5.74, 6) is 3.59. The number of likely N-dealkylation sites (tertiary alicyclic amines) is 1. The van der Waals surface area contributed by atoms with Crippen LogP contribution in [0.3, 0.4) is 0 Å². The van der Waals surface area contributed by atoms with Crippen molar-refractivity contribution in [1.82, 2.24) is 19.7 Å². The monoisotopic (exact) mass is 512 g/mol. The second-order valence-electron chi connectivity index (χ2n) is 8.79. The highest BCUT2D eigenvalue weighted by atomic mass is 79.9. The van der Waals surface area contributed by atoms with Crippen LogP contribution in [0.5, 0.6) is 0 Å². The molecule has 3 fully saturated rings. The van der Waals surface area contributed by atoms with Crippen molar-refractivity contribution in [3.05, 3.63) is 40.1 Å². The molecule has 0 amide bonds. The molecule has 2 saturated heterocycles. The fraction of sp³-hybridized carbons (Fsp3) is 0.636. The molecular formula is C22H30BrClN4OS. The Hall–Kier alpha value is -0.600. The largest absolute Gasteiger partial charge is 0.381 e. The van der Waals surface area contributed by atoms with E-state index in [1.165, 1.54) is 42.5 Å². The summed E-state index contributed by atoms with van der Waals surface area (Å²) in [4.78, 5) is 2.67. The maximum atomic E-state index is 5.48. The molecule has 164 valence electrons. The third kappa shape index (κ3) is 4.46. The zero-order valence-electron chi connectivity index (χ0n) is 17.4. The molecule has 0 N–H and O–H groups in total. The molecule has 30 heavy (non-hydrogen) atoms. The van der Waals surface area contributed by atoms with Gasteiger partial charge in [-0.2, -0.15) is 0 Å². The molecule has 2 aliphatic heterocycles. The van der Waals surface area contributed by atoms with Crippen LogP contribution in [0.25, 0.3) is 0 Å². The van der Waals surface area contributed by atoms with Gasteiger partial charge in [-0.05, 0) is 55.8 Å². The SMILES string of the molecule is Cl.Cn1c(SCCCN2C[C@@H]3C[C@]3(c3ccc(Br)cc3)C2)nnc1C1CCOCC1. The quantitative estimate of drug-likeness (QED) is 0.398. The normalized spacial score (nSPS) is 26.4. The third-order valence-corrected chi connectivity index (χ3v) is 8.58. The molecule has 3 heterocycles. The van der Waals surface area contributed by atoms with E-state index in [-0.39, 0.29) is 12.4 Å². The third-order valence-electron chi connectivity index (χ3n) is 6.94. The number of ether oxygens (including phenoxy) is 1. The van der Waals surface area contributed by atoms with Crippen LogP contribution in [0.2, 0.25) is 0 Å². The standard InChI is InChI=1S/C22H29BrN4OS.ClH/c1-26-20(16-7-10-28-11-8-16)24-25-21(26)29-12-2-9-27-14-18-13-22(18,15-27)17-3-5-19(23)6-4-17;/h3-6,16,18H,2,7-15H2,1H3;1H/t18-,22+;/m0./s1. The van der Waals surface area contributed by atoms with Crippen LogP contribution in [-0.4, -0.2) is 58.3 Å². The van der Waals surface area contributed by atoms with Crippen LogP contribution < -0.4 is 0 Å². The molecule has 5 rings (SSSR count). The highest BCUT2D eigenvalue weighted by molar-refractivity contribution is 9.10. The Morgan fingerprint density at radius 1 is 1.20 bits per heavy atom. The molecule has 1 aromatic carbocycles. The van der Waals surface area contributed by atoms with Crippen LogP contribution >= 0.6 is 40.1 Å². The molecule has 1 aromatic heterocycles. The number of fused-ring (bicyclic) bond motifs is 1. The van der Waals surface area contributed by atoms with Gasteiger partial charge in [0.1, 0.15) is 5.82 Å². The molecule has 2 aromatic rings. The first-order valence-corrected chi connectivity index (χ1v) is 12.5. The van der Waals surface area contributed by atoms with Crippen molar-refractivity contribution in [3.63, 3.8) is 0 Å². The van der Waals surface area contributed by atoms with Crippen LogP contribution in [0.15, 0.2) is 33.9 Å². The van der Waals surface area contributed by atoms with Crippen LogP contribution in [-0.2, 0) is 17.2 Å². The molecule has 1 aliphatic carbocycles. The smallest absolute Gasteiger partial charge is 0.190 e. The number of benzene rings is 1. The Morgan fingerprint density at radius 2 is 1.97 bits per heavy atom. The average Bonchev–Trinajstić information content (AvgIpc) is 3.11. The minimum Gasteiger partial charge on any atom is -0.381 e. The molecule has 5 nitrogen and oxygen atoms in total. The van der Waals surface area contributed by atoms with E-state index in [0.29, 0.717) is 11.3 Å². The Balaban J connectivity index is 0.00000218. The van der Waals surface area contributed by atoms with E-state index in [4.69, 9.17) is 4.74 Å². The van der Waals surface area contributed by atoms with E-state index in [1.54, 1.807) is 0 Å². The van der Waals surface area contributed by atoms with Crippen molar-refractivity contribution in [3.8, 4) is 0 Å². The van der Waals surface area contributed by atoms with Gasteiger partial charge in [0.05, 0.1) is 0 Å². The van der Waals surface area contributed by atoms with E-state index in [0.717, 1.165) is 48.7 Å². The van der Waals surface area contributed by atoms with Crippen LogP contribution in [0.1, 0.15) is 43.0 Å². The number of thioether (sulfide) groups is 1. The fourth-order valence-electron chi connectivity index (χ4n) is 5.20. The lowest BCUT2D eigenvalue weighted by Gasteiger charge is -2.21. The molecule has 3 aliphatic rings. The number of halogens is 2. The van der Waals surface area contributed by atoms with Gasteiger partial charge in [0, 0.05) is 54.9 Å². The maximum absolute atomic E-state index is 5.48. The molecule has 0 radical (unpaired) electrons. The Labute approximate surface area is 197 Å². The van der Waals surface area contributed by atoms with Gasteiger partial charge < -0.3 is 14.2 Å². The second-order valence-corrected chi connectivity index (χ2v) is 10.8. The average molecular weight is 514 g/mol.